The van der Waals surface area contributed by atoms with Gasteiger partial charge in [-0.15, -0.1) is 0 Å². The molecule has 0 saturated heterocycles. The van der Waals surface area contributed by atoms with E-state index in [2.05, 4.69) is 16.9 Å². The van der Waals surface area contributed by atoms with Crippen molar-refractivity contribution < 1.29 is 9.90 Å². The molecule has 0 aliphatic heterocycles. The number of carboxylic acids is 1. The van der Waals surface area contributed by atoms with Crippen LogP contribution in [0.1, 0.15) is 17.5 Å². The van der Waals surface area contributed by atoms with Gasteiger partial charge in [-0.1, -0.05) is 24.2 Å². The van der Waals surface area contributed by atoms with E-state index < -0.39 is 11.7 Å². The van der Waals surface area contributed by atoms with Gasteiger partial charge in [-0.25, -0.2) is 4.79 Å². The van der Waals surface area contributed by atoms with Crippen LogP contribution in [0, 0.1) is 12.3 Å². The number of hydrogen-bond acceptors (Lipinski definition) is 3. The average Bonchev–Trinajstić information content (AvgIpc) is 2.37. The molecule has 0 atom stereocenters. The molecule has 0 aliphatic carbocycles. The molecule has 1 aromatic carbocycles. The van der Waals surface area contributed by atoms with E-state index in [-0.39, 0.29) is 6.42 Å². The van der Waals surface area contributed by atoms with Crippen LogP contribution in [0.4, 0.5) is 0 Å². The summed E-state index contributed by atoms with van der Waals surface area (Å²) in [6.45, 7) is 5.82. The maximum absolute atomic E-state index is 10.7. The summed E-state index contributed by atoms with van der Waals surface area (Å²) in [5, 5.41) is 19.5. The van der Waals surface area contributed by atoms with Crippen LogP contribution in [0.2, 0.25) is 5.02 Å². The van der Waals surface area contributed by atoms with Crippen molar-refractivity contribution in [3.05, 3.63) is 47.1 Å². The average molecular weight is 294 g/mol. The van der Waals surface area contributed by atoms with Crippen molar-refractivity contribution in [2.24, 2.45) is 4.99 Å². The van der Waals surface area contributed by atoms with Crippen molar-refractivity contribution in [2.75, 3.05) is 0 Å². The smallest absolute Gasteiger partial charge is 0.349 e. The molecule has 0 aliphatic rings. The lowest BCUT2D eigenvalue weighted by Gasteiger charge is -2.07. The first-order valence-corrected chi connectivity index (χ1v) is 6.28. The minimum Gasteiger partial charge on any atom is -0.477 e. The van der Waals surface area contributed by atoms with Gasteiger partial charge >= 0.3 is 5.97 Å². The van der Waals surface area contributed by atoms with Crippen LogP contribution >= 0.6 is 11.6 Å². The molecular formula is C14H16ClN3O2. The predicted molar refractivity (Wildman–Crippen MR) is 80.6 cm³/mol. The van der Waals surface area contributed by atoms with E-state index in [1.54, 1.807) is 6.07 Å². The maximum atomic E-state index is 10.7. The third-order valence-corrected chi connectivity index (χ3v) is 2.85. The Balaban J connectivity index is 2.83. The highest BCUT2D eigenvalue weighted by molar-refractivity contribution is 6.37. The van der Waals surface area contributed by atoms with Crippen LogP contribution in [-0.2, 0) is 11.3 Å². The monoisotopic (exact) mass is 293 g/mol. The highest BCUT2D eigenvalue weighted by atomic mass is 35.5. The number of carboxylic acid groups (broad SMARTS) is 1. The zero-order valence-corrected chi connectivity index (χ0v) is 11.9. The molecule has 0 spiro atoms. The number of aliphatic carboxylic acids is 1. The van der Waals surface area contributed by atoms with Gasteiger partial charge in [-0.05, 0) is 36.4 Å². The highest BCUT2D eigenvalue weighted by Crippen LogP contribution is 2.16. The van der Waals surface area contributed by atoms with Crippen LogP contribution in [-0.4, -0.2) is 22.6 Å². The van der Waals surface area contributed by atoms with Crippen molar-refractivity contribution in [1.29, 1.82) is 5.41 Å². The first-order chi connectivity index (χ1) is 9.43. The van der Waals surface area contributed by atoms with Crippen molar-refractivity contribution in [1.82, 2.24) is 5.32 Å². The van der Waals surface area contributed by atoms with E-state index in [4.69, 9.17) is 22.1 Å². The molecule has 20 heavy (non-hydrogen) atoms. The Morgan fingerprint density at radius 2 is 2.30 bits per heavy atom. The lowest BCUT2D eigenvalue weighted by molar-refractivity contribution is -0.129. The summed E-state index contributed by atoms with van der Waals surface area (Å²) in [6.07, 6.45) is 1.33. The Hall–Kier alpha value is -2.14. The van der Waals surface area contributed by atoms with Gasteiger partial charge in [0.2, 0.25) is 0 Å². The van der Waals surface area contributed by atoms with Crippen molar-refractivity contribution in [2.45, 2.75) is 19.9 Å². The largest absolute Gasteiger partial charge is 0.477 e. The zero-order chi connectivity index (χ0) is 15.1. The fraction of sp³-hybridized carbons (Fsp3) is 0.214. The van der Waals surface area contributed by atoms with Crippen molar-refractivity contribution in [3.63, 3.8) is 0 Å². The third-order valence-electron chi connectivity index (χ3n) is 2.62. The fourth-order valence-corrected chi connectivity index (χ4v) is 1.76. The van der Waals surface area contributed by atoms with Crippen LogP contribution in [0.5, 0.6) is 0 Å². The molecule has 5 nitrogen and oxygen atoms in total. The lowest BCUT2D eigenvalue weighted by atomic mass is 10.1. The molecule has 6 heteroatoms. The van der Waals surface area contributed by atoms with Gasteiger partial charge in [-0.3, -0.25) is 10.4 Å². The summed E-state index contributed by atoms with van der Waals surface area (Å²) >= 11 is 5.88. The first-order valence-electron chi connectivity index (χ1n) is 5.90. The van der Waals surface area contributed by atoms with Crippen LogP contribution in [0.25, 0.3) is 0 Å². The molecule has 0 amide bonds. The number of hydrogen-bond donors (Lipinski definition) is 3. The minimum atomic E-state index is -1.26. The normalized spacial score (nSPS) is 11.0. The summed E-state index contributed by atoms with van der Waals surface area (Å²) in [5.74, 6) is -0.868. The number of rotatable bonds is 6. The first kappa shape index (κ1) is 15.9. The van der Waals surface area contributed by atoms with Gasteiger partial charge in [0.05, 0.1) is 13.0 Å². The molecule has 0 heterocycles. The quantitative estimate of drug-likeness (QED) is 0.557. The van der Waals surface area contributed by atoms with E-state index in [1.807, 2.05) is 19.1 Å². The molecular weight excluding hydrogens is 278 g/mol. The van der Waals surface area contributed by atoms with E-state index in [0.717, 1.165) is 11.1 Å². The SMILES string of the molecule is C=CNC(CC(=N)C(=O)O)=NCc1ccc(Cl)cc1C. The van der Waals surface area contributed by atoms with Gasteiger partial charge in [0.1, 0.15) is 11.5 Å². The topological polar surface area (TPSA) is 85.5 Å². The molecule has 1 rings (SSSR count). The van der Waals surface area contributed by atoms with E-state index in [9.17, 15) is 4.79 Å². The second-order valence-corrected chi connectivity index (χ2v) is 4.58. The van der Waals surface area contributed by atoms with Gasteiger partial charge in [-0.2, -0.15) is 0 Å². The van der Waals surface area contributed by atoms with Gasteiger partial charge in [0, 0.05) is 5.02 Å². The highest BCUT2D eigenvalue weighted by Gasteiger charge is 2.10. The van der Waals surface area contributed by atoms with Gasteiger partial charge < -0.3 is 10.4 Å². The van der Waals surface area contributed by atoms with E-state index >= 15 is 0 Å². The molecule has 0 saturated carbocycles. The summed E-state index contributed by atoms with van der Waals surface area (Å²) in [7, 11) is 0. The molecule has 1 aromatic rings. The minimum absolute atomic E-state index is 0.0754. The third kappa shape index (κ3) is 4.85. The van der Waals surface area contributed by atoms with E-state index in [1.165, 1.54) is 6.20 Å². The number of nitrogens with one attached hydrogen (secondary N) is 2. The molecule has 0 bridgehead atoms. The summed E-state index contributed by atoms with van der Waals surface area (Å²) in [4.78, 5) is 14.9. The predicted octanol–water partition coefficient (Wildman–Crippen LogP) is 2.77. The second-order valence-electron chi connectivity index (χ2n) is 4.14. The number of aryl methyl sites for hydroxylation is 1. The fourth-order valence-electron chi connectivity index (χ4n) is 1.53. The number of benzene rings is 1. The summed E-state index contributed by atoms with van der Waals surface area (Å²) < 4.78 is 0. The summed E-state index contributed by atoms with van der Waals surface area (Å²) in [5.41, 5.74) is 1.57. The molecule has 106 valence electrons. The standard InChI is InChI=1S/C14H16ClN3O2/c1-3-17-13(7-12(16)14(19)20)18-8-10-4-5-11(15)6-9(10)2/h3-6,16H,1,7-8H2,2H3,(H,17,18)(H,19,20). The Morgan fingerprint density at radius 3 is 2.85 bits per heavy atom. The number of carbonyl (C=O) groups is 1. The van der Waals surface area contributed by atoms with Crippen LogP contribution in [0.15, 0.2) is 36.0 Å². The lowest BCUT2D eigenvalue weighted by Crippen LogP contribution is -2.24. The molecule has 0 radical (unpaired) electrons. The Kier molecular flexibility index (Phi) is 5.93. The number of nitrogens with zero attached hydrogens (tertiary/aromatic N) is 1. The number of amidine groups is 1. The second kappa shape index (κ2) is 7.45. The maximum Gasteiger partial charge on any atom is 0.349 e. The van der Waals surface area contributed by atoms with Gasteiger partial charge in [0.15, 0.2) is 0 Å². The van der Waals surface area contributed by atoms with Crippen LogP contribution in [0.3, 0.4) is 0 Å². The Labute approximate surface area is 122 Å². The molecule has 0 unspecified atom stereocenters. The van der Waals surface area contributed by atoms with E-state index in [0.29, 0.717) is 17.4 Å². The van der Waals surface area contributed by atoms with Crippen molar-refractivity contribution >= 4 is 29.1 Å². The molecule has 0 aromatic heterocycles. The van der Waals surface area contributed by atoms with Crippen LogP contribution < -0.4 is 5.32 Å². The number of aliphatic imine (C=N–C) groups is 1. The summed E-state index contributed by atoms with van der Waals surface area (Å²) in [6, 6.07) is 5.49. The Bertz CT molecular complexity index is 568. The molecule has 3 N–H and O–H groups in total. The molecule has 0 fully saturated rings. The number of halogens is 1. The van der Waals surface area contributed by atoms with Crippen molar-refractivity contribution in [3.8, 4) is 0 Å². The van der Waals surface area contributed by atoms with Gasteiger partial charge in [0.25, 0.3) is 0 Å². The zero-order valence-electron chi connectivity index (χ0n) is 11.1. The Morgan fingerprint density at radius 1 is 1.60 bits per heavy atom.